The van der Waals surface area contributed by atoms with E-state index in [9.17, 15) is 9.90 Å². The lowest BCUT2D eigenvalue weighted by molar-refractivity contribution is 0.131. The molecule has 0 spiro atoms. The van der Waals surface area contributed by atoms with Crippen LogP contribution in [0.4, 0.5) is 4.79 Å². The van der Waals surface area contributed by atoms with E-state index in [4.69, 9.17) is 4.52 Å². The molecule has 0 bridgehead atoms. The van der Waals surface area contributed by atoms with Gasteiger partial charge < -0.3 is 9.63 Å². The summed E-state index contributed by atoms with van der Waals surface area (Å²) in [6, 6.07) is 8.71. The monoisotopic (exact) mass is 361 g/mol. The fraction of sp³-hybridized carbons (Fsp3) is 0.211. The van der Waals surface area contributed by atoms with Crippen LogP contribution in [0.3, 0.4) is 0 Å². The maximum Gasteiger partial charge on any atom is 0.407 e. The molecule has 1 saturated heterocycles. The first-order chi connectivity index (χ1) is 13.2. The highest BCUT2D eigenvalue weighted by Gasteiger charge is 2.34. The topological polar surface area (TPSA) is 105 Å². The van der Waals surface area contributed by atoms with Crippen molar-refractivity contribution in [2.45, 2.75) is 18.9 Å². The molecule has 1 N–H and O–H groups in total. The van der Waals surface area contributed by atoms with E-state index in [1.807, 2.05) is 24.3 Å². The molecule has 4 heterocycles. The van der Waals surface area contributed by atoms with Crippen molar-refractivity contribution in [3.8, 4) is 23.4 Å². The molecule has 1 unspecified atom stereocenters. The molecule has 1 aliphatic heterocycles. The van der Waals surface area contributed by atoms with Crippen LogP contribution in [0, 0.1) is 11.8 Å². The lowest BCUT2D eigenvalue weighted by atomic mass is 10.2. The van der Waals surface area contributed by atoms with Gasteiger partial charge in [-0.15, -0.1) is 0 Å². The van der Waals surface area contributed by atoms with Crippen LogP contribution in [-0.4, -0.2) is 42.8 Å². The summed E-state index contributed by atoms with van der Waals surface area (Å²) in [7, 11) is 0. The molecule has 134 valence electrons. The van der Waals surface area contributed by atoms with Gasteiger partial charge in [-0.25, -0.2) is 9.78 Å². The maximum atomic E-state index is 11.3. The Morgan fingerprint density at radius 2 is 2.15 bits per heavy atom. The lowest BCUT2D eigenvalue weighted by Gasteiger charge is -2.17. The van der Waals surface area contributed by atoms with E-state index in [2.05, 4.69) is 31.9 Å². The standard InChI is InChI=1S/C19H15N5O3/c25-19(26)24-11-3-5-16(24)18-22-17(23-27-18)15-9-7-13(12-21-15)6-8-14-4-1-2-10-20-14/h1-2,4,7,9-10,12,16H,3,5,11H2,(H,25,26). The summed E-state index contributed by atoms with van der Waals surface area (Å²) < 4.78 is 5.28. The quantitative estimate of drug-likeness (QED) is 0.700. The Hall–Kier alpha value is -3.73. The normalized spacial score (nSPS) is 16.0. The summed E-state index contributed by atoms with van der Waals surface area (Å²) in [6.07, 6.45) is 3.78. The van der Waals surface area contributed by atoms with Crippen LogP contribution in [0.5, 0.6) is 0 Å². The van der Waals surface area contributed by atoms with Crippen molar-refractivity contribution in [2.24, 2.45) is 0 Å². The number of hydrogen-bond acceptors (Lipinski definition) is 6. The predicted octanol–water partition coefficient (Wildman–Crippen LogP) is 2.74. The smallest absolute Gasteiger partial charge is 0.407 e. The number of rotatable bonds is 2. The van der Waals surface area contributed by atoms with Crippen LogP contribution >= 0.6 is 0 Å². The highest BCUT2D eigenvalue weighted by molar-refractivity contribution is 5.66. The molecule has 0 radical (unpaired) electrons. The minimum absolute atomic E-state index is 0.297. The number of carbonyl (C=O) groups is 1. The van der Waals surface area contributed by atoms with Gasteiger partial charge >= 0.3 is 6.09 Å². The van der Waals surface area contributed by atoms with Gasteiger partial charge in [-0.1, -0.05) is 17.1 Å². The van der Waals surface area contributed by atoms with E-state index >= 15 is 0 Å². The van der Waals surface area contributed by atoms with E-state index in [0.717, 1.165) is 12.0 Å². The molecule has 4 rings (SSSR count). The van der Waals surface area contributed by atoms with Crippen molar-refractivity contribution in [2.75, 3.05) is 6.54 Å². The van der Waals surface area contributed by atoms with Crippen LogP contribution in [0.1, 0.15) is 36.0 Å². The van der Waals surface area contributed by atoms with E-state index in [1.54, 1.807) is 18.5 Å². The third-order valence-electron chi connectivity index (χ3n) is 4.22. The second-order valence-electron chi connectivity index (χ2n) is 5.99. The number of amides is 1. The number of hydrogen-bond donors (Lipinski definition) is 1. The Kier molecular flexibility index (Phi) is 4.49. The highest BCUT2D eigenvalue weighted by atomic mass is 16.5. The van der Waals surface area contributed by atoms with Gasteiger partial charge in [0.1, 0.15) is 17.4 Å². The molecule has 0 aromatic carbocycles. The van der Waals surface area contributed by atoms with Gasteiger partial charge in [-0.2, -0.15) is 4.98 Å². The molecule has 3 aromatic rings. The van der Waals surface area contributed by atoms with Crippen molar-refractivity contribution in [3.05, 3.63) is 59.9 Å². The molecule has 8 heteroatoms. The molecule has 27 heavy (non-hydrogen) atoms. The van der Waals surface area contributed by atoms with Gasteiger partial charge in [-0.3, -0.25) is 9.88 Å². The van der Waals surface area contributed by atoms with Gasteiger partial charge in [0.15, 0.2) is 0 Å². The summed E-state index contributed by atoms with van der Waals surface area (Å²) in [5, 5.41) is 13.2. The molecule has 1 aliphatic rings. The molecular weight excluding hydrogens is 346 g/mol. The van der Waals surface area contributed by atoms with Crippen molar-refractivity contribution >= 4 is 6.09 Å². The Labute approximate surface area is 154 Å². The van der Waals surface area contributed by atoms with Gasteiger partial charge in [-0.05, 0) is 43.0 Å². The van der Waals surface area contributed by atoms with Crippen molar-refractivity contribution in [1.82, 2.24) is 25.0 Å². The Morgan fingerprint density at radius 3 is 2.89 bits per heavy atom. The summed E-state index contributed by atoms with van der Waals surface area (Å²) in [4.78, 5) is 25.4. The van der Waals surface area contributed by atoms with Crippen molar-refractivity contribution < 1.29 is 14.4 Å². The largest absolute Gasteiger partial charge is 0.465 e. The number of pyridine rings is 2. The number of likely N-dealkylation sites (tertiary alicyclic amines) is 1. The van der Waals surface area contributed by atoms with Gasteiger partial charge in [0.25, 0.3) is 0 Å². The maximum absolute atomic E-state index is 11.3. The zero-order valence-electron chi connectivity index (χ0n) is 14.2. The zero-order chi connectivity index (χ0) is 18.6. The predicted molar refractivity (Wildman–Crippen MR) is 94.5 cm³/mol. The van der Waals surface area contributed by atoms with E-state index in [0.29, 0.717) is 36.1 Å². The average Bonchev–Trinajstić information content (AvgIpc) is 3.37. The SMILES string of the molecule is O=C(O)N1CCCC1c1nc(-c2ccc(C#Cc3ccccn3)cn2)no1. The molecule has 0 saturated carbocycles. The first-order valence-electron chi connectivity index (χ1n) is 8.43. The summed E-state index contributed by atoms with van der Waals surface area (Å²) in [5.41, 5.74) is 1.96. The first kappa shape index (κ1) is 16.7. The van der Waals surface area contributed by atoms with Gasteiger partial charge in [0, 0.05) is 24.5 Å². The van der Waals surface area contributed by atoms with Gasteiger partial charge in [0.2, 0.25) is 11.7 Å². The highest BCUT2D eigenvalue weighted by Crippen LogP contribution is 2.31. The zero-order valence-corrected chi connectivity index (χ0v) is 14.2. The van der Waals surface area contributed by atoms with Crippen LogP contribution in [0.25, 0.3) is 11.5 Å². The fourth-order valence-electron chi connectivity index (χ4n) is 2.90. The average molecular weight is 361 g/mol. The molecule has 1 fully saturated rings. The Bertz CT molecular complexity index is 1010. The molecular formula is C19H15N5O3. The van der Waals surface area contributed by atoms with E-state index in [-0.39, 0.29) is 0 Å². The molecule has 8 nitrogen and oxygen atoms in total. The number of carboxylic acid groups (broad SMARTS) is 1. The van der Waals surface area contributed by atoms with E-state index < -0.39 is 12.1 Å². The first-order valence-corrected chi connectivity index (χ1v) is 8.43. The Balaban J connectivity index is 1.51. The van der Waals surface area contributed by atoms with Crippen LogP contribution in [-0.2, 0) is 0 Å². The number of aromatic nitrogens is 4. The van der Waals surface area contributed by atoms with Crippen LogP contribution in [0.15, 0.2) is 47.2 Å². The number of nitrogens with zero attached hydrogens (tertiary/aromatic N) is 5. The molecule has 3 aromatic heterocycles. The van der Waals surface area contributed by atoms with Crippen LogP contribution in [0.2, 0.25) is 0 Å². The Morgan fingerprint density at radius 1 is 1.22 bits per heavy atom. The third kappa shape index (κ3) is 3.62. The third-order valence-corrected chi connectivity index (χ3v) is 4.22. The second kappa shape index (κ2) is 7.25. The molecule has 1 atom stereocenters. The van der Waals surface area contributed by atoms with Crippen molar-refractivity contribution in [3.63, 3.8) is 0 Å². The minimum atomic E-state index is -0.980. The van der Waals surface area contributed by atoms with Crippen LogP contribution < -0.4 is 0 Å². The fourth-order valence-corrected chi connectivity index (χ4v) is 2.90. The second-order valence-corrected chi connectivity index (χ2v) is 5.99. The lowest BCUT2D eigenvalue weighted by Crippen LogP contribution is -2.28. The van der Waals surface area contributed by atoms with E-state index in [1.165, 1.54) is 4.90 Å². The molecule has 1 amide bonds. The molecule has 0 aliphatic carbocycles. The van der Waals surface area contributed by atoms with Gasteiger partial charge in [0.05, 0.1) is 0 Å². The van der Waals surface area contributed by atoms with Crippen molar-refractivity contribution in [1.29, 1.82) is 0 Å². The summed E-state index contributed by atoms with van der Waals surface area (Å²) in [5.74, 6) is 6.58. The summed E-state index contributed by atoms with van der Waals surface area (Å²) >= 11 is 0. The minimum Gasteiger partial charge on any atom is -0.465 e. The summed E-state index contributed by atoms with van der Waals surface area (Å²) in [6.45, 7) is 0.472.